The van der Waals surface area contributed by atoms with Crippen molar-refractivity contribution in [2.75, 3.05) is 18.9 Å². The molecule has 1 aliphatic rings. The minimum Gasteiger partial charge on any atom is -0.373 e. The Morgan fingerprint density at radius 2 is 2.09 bits per heavy atom. The molecule has 1 amide bonds. The molecule has 0 aliphatic carbocycles. The highest BCUT2D eigenvalue weighted by molar-refractivity contribution is 5.94. The molecule has 0 spiro atoms. The summed E-state index contributed by atoms with van der Waals surface area (Å²) >= 11 is 0. The average Bonchev–Trinajstić information content (AvgIpc) is 3.04. The summed E-state index contributed by atoms with van der Waals surface area (Å²) < 4.78 is 0. The van der Waals surface area contributed by atoms with Crippen LogP contribution in [0.2, 0.25) is 0 Å². The molecule has 1 aromatic heterocycles. The van der Waals surface area contributed by atoms with Crippen LogP contribution in [0.3, 0.4) is 0 Å². The van der Waals surface area contributed by atoms with E-state index < -0.39 is 0 Å². The Labute approximate surface area is 131 Å². The van der Waals surface area contributed by atoms with Gasteiger partial charge < -0.3 is 10.2 Å². The van der Waals surface area contributed by atoms with Crippen LogP contribution < -0.4 is 5.32 Å². The van der Waals surface area contributed by atoms with Gasteiger partial charge in [-0.05, 0) is 49.1 Å². The highest BCUT2D eigenvalue weighted by Crippen LogP contribution is 2.33. The SMILES string of the molecule is CNc1ncc(C2CCCN2C(=O)c2ccccc2)cc1C. The summed E-state index contributed by atoms with van der Waals surface area (Å²) in [6, 6.07) is 11.8. The first-order valence-corrected chi connectivity index (χ1v) is 7.71. The number of likely N-dealkylation sites (tertiary alicyclic amines) is 1. The number of aromatic nitrogens is 1. The molecule has 0 radical (unpaired) electrons. The number of hydrogen-bond acceptors (Lipinski definition) is 3. The molecular weight excluding hydrogens is 274 g/mol. The van der Waals surface area contributed by atoms with Gasteiger partial charge in [-0.3, -0.25) is 4.79 Å². The first-order valence-electron chi connectivity index (χ1n) is 7.71. The second-order valence-corrected chi connectivity index (χ2v) is 5.71. The van der Waals surface area contributed by atoms with Crippen molar-refractivity contribution in [3.8, 4) is 0 Å². The summed E-state index contributed by atoms with van der Waals surface area (Å²) in [6.07, 6.45) is 3.93. The second-order valence-electron chi connectivity index (χ2n) is 5.71. The molecular formula is C18H21N3O. The molecule has 114 valence electrons. The van der Waals surface area contributed by atoms with E-state index in [1.165, 1.54) is 0 Å². The number of aryl methyl sites for hydroxylation is 1. The molecule has 4 nitrogen and oxygen atoms in total. The number of benzene rings is 1. The van der Waals surface area contributed by atoms with Crippen molar-refractivity contribution < 1.29 is 4.79 Å². The summed E-state index contributed by atoms with van der Waals surface area (Å²) in [4.78, 5) is 19.2. The number of amides is 1. The molecule has 0 bridgehead atoms. The van der Waals surface area contributed by atoms with Gasteiger partial charge in [0, 0.05) is 25.4 Å². The van der Waals surface area contributed by atoms with Crippen LogP contribution in [-0.4, -0.2) is 29.4 Å². The third kappa shape index (κ3) is 2.69. The Kier molecular flexibility index (Phi) is 4.09. The molecule has 2 heterocycles. The minimum atomic E-state index is 0.110. The largest absolute Gasteiger partial charge is 0.373 e. The molecule has 1 aliphatic heterocycles. The summed E-state index contributed by atoms with van der Waals surface area (Å²) in [5.41, 5.74) is 2.99. The van der Waals surface area contributed by atoms with E-state index >= 15 is 0 Å². The predicted octanol–water partition coefficient (Wildman–Crippen LogP) is 3.41. The maximum Gasteiger partial charge on any atom is 0.254 e. The van der Waals surface area contributed by atoms with Crippen LogP contribution >= 0.6 is 0 Å². The monoisotopic (exact) mass is 295 g/mol. The van der Waals surface area contributed by atoms with Gasteiger partial charge in [0.05, 0.1) is 6.04 Å². The van der Waals surface area contributed by atoms with E-state index in [9.17, 15) is 4.79 Å². The van der Waals surface area contributed by atoms with E-state index in [2.05, 4.69) is 16.4 Å². The van der Waals surface area contributed by atoms with Crippen molar-refractivity contribution in [3.05, 3.63) is 59.3 Å². The lowest BCUT2D eigenvalue weighted by Crippen LogP contribution is -2.30. The Morgan fingerprint density at radius 3 is 2.77 bits per heavy atom. The fourth-order valence-corrected chi connectivity index (χ4v) is 3.14. The Bertz CT molecular complexity index is 669. The van der Waals surface area contributed by atoms with Crippen LogP contribution in [0.15, 0.2) is 42.6 Å². The molecule has 4 heteroatoms. The van der Waals surface area contributed by atoms with Crippen molar-refractivity contribution in [2.45, 2.75) is 25.8 Å². The number of carbonyl (C=O) groups excluding carboxylic acids is 1. The summed E-state index contributed by atoms with van der Waals surface area (Å²) in [7, 11) is 1.87. The number of hydrogen-bond donors (Lipinski definition) is 1. The Morgan fingerprint density at radius 1 is 1.32 bits per heavy atom. The molecule has 3 rings (SSSR count). The number of rotatable bonds is 3. The first kappa shape index (κ1) is 14.6. The van der Waals surface area contributed by atoms with E-state index in [0.29, 0.717) is 0 Å². The number of pyridine rings is 1. The maximum atomic E-state index is 12.7. The quantitative estimate of drug-likeness (QED) is 0.944. The van der Waals surface area contributed by atoms with Crippen molar-refractivity contribution in [3.63, 3.8) is 0 Å². The normalized spacial score (nSPS) is 17.5. The highest BCUT2D eigenvalue weighted by Gasteiger charge is 2.30. The molecule has 1 fully saturated rings. The van der Waals surface area contributed by atoms with Gasteiger partial charge in [0.15, 0.2) is 0 Å². The smallest absolute Gasteiger partial charge is 0.254 e. The third-order valence-corrected chi connectivity index (χ3v) is 4.26. The van der Waals surface area contributed by atoms with Gasteiger partial charge in [-0.1, -0.05) is 18.2 Å². The highest BCUT2D eigenvalue weighted by atomic mass is 16.2. The van der Waals surface area contributed by atoms with E-state index in [4.69, 9.17) is 0 Å². The topological polar surface area (TPSA) is 45.2 Å². The summed E-state index contributed by atoms with van der Waals surface area (Å²) in [5.74, 6) is 1.00. The van der Waals surface area contributed by atoms with E-state index in [0.717, 1.165) is 41.9 Å². The third-order valence-electron chi connectivity index (χ3n) is 4.26. The van der Waals surface area contributed by atoms with Crippen molar-refractivity contribution in [2.24, 2.45) is 0 Å². The lowest BCUT2D eigenvalue weighted by molar-refractivity contribution is 0.0735. The fourth-order valence-electron chi connectivity index (χ4n) is 3.14. The van der Waals surface area contributed by atoms with Gasteiger partial charge in [0.25, 0.3) is 5.91 Å². The minimum absolute atomic E-state index is 0.110. The van der Waals surface area contributed by atoms with Crippen LogP contribution in [0.4, 0.5) is 5.82 Å². The van der Waals surface area contributed by atoms with Crippen LogP contribution in [0.5, 0.6) is 0 Å². The molecule has 0 saturated carbocycles. The standard InChI is InChI=1S/C18H21N3O/c1-13-11-15(12-20-17(13)19-2)16-9-6-10-21(16)18(22)14-7-4-3-5-8-14/h3-5,7-8,11-12,16H,6,9-10H2,1-2H3,(H,19,20). The van der Waals surface area contributed by atoms with Gasteiger partial charge >= 0.3 is 0 Å². The Hall–Kier alpha value is -2.36. The molecule has 1 unspecified atom stereocenters. The van der Waals surface area contributed by atoms with Gasteiger partial charge in [0.1, 0.15) is 5.82 Å². The zero-order chi connectivity index (χ0) is 15.5. The van der Waals surface area contributed by atoms with E-state index in [1.807, 2.05) is 55.4 Å². The second kappa shape index (κ2) is 6.18. The molecule has 1 aromatic carbocycles. The number of nitrogens with one attached hydrogen (secondary N) is 1. The lowest BCUT2D eigenvalue weighted by Gasteiger charge is -2.25. The number of carbonyl (C=O) groups is 1. The zero-order valence-corrected chi connectivity index (χ0v) is 13.0. The molecule has 22 heavy (non-hydrogen) atoms. The van der Waals surface area contributed by atoms with Crippen molar-refractivity contribution in [1.29, 1.82) is 0 Å². The van der Waals surface area contributed by atoms with Crippen molar-refractivity contribution >= 4 is 11.7 Å². The van der Waals surface area contributed by atoms with Gasteiger partial charge in [-0.25, -0.2) is 4.98 Å². The van der Waals surface area contributed by atoms with Crippen LogP contribution in [-0.2, 0) is 0 Å². The number of anilines is 1. The van der Waals surface area contributed by atoms with E-state index in [-0.39, 0.29) is 11.9 Å². The van der Waals surface area contributed by atoms with E-state index in [1.54, 1.807) is 0 Å². The summed E-state index contributed by atoms with van der Waals surface area (Å²) in [6.45, 7) is 2.85. The number of nitrogens with zero attached hydrogens (tertiary/aromatic N) is 2. The van der Waals surface area contributed by atoms with Crippen LogP contribution in [0.25, 0.3) is 0 Å². The Balaban J connectivity index is 1.87. The van der Waals surface area contributed by atoms with Crippen LogP contribution in [0, 0.1) is 6.92 Å². The summed E-state index contributed by atoms with van der Waals surface area (Å²) in [5, 5.41) is 3.08. The predicted molar refractivity (Wildman–Crippen MR) is 88.0 cm³/mol. The lowest BCUT2D eigenvalue weighted by atomic mass is 10.0. The zero-order valence-electron chi connectivity index (χ0n) is 13.0. The molecule has 2 aromatic rings. The van der Waals surface area contributed by atoms with Gasteiger partial charge in [0.2, 0.25) is 0 Å². The van der Waals surface area contributed by atoms with Gasteiger partial charge in [-0.15, -0.1) is 0 Å². The van der Waals surface area contributed by atoms with Crippen molar-refractivity contribution in [1.82, 2.24) is 9.88 Å². The van der Waals surface area contributed by atoms with Gasteiger partial charge in [-0.2, -0.15) is 0 Å². The average molecular weight is 295 g/mol. The van der Waals surface area contributed by atoms with Crippen LogP contribution in [0.1, 0.15) is 40.4 Å². The first-order chi connectivity index (χ1) is 10.7. The maximum absolute atomic E-state index is 12.7. The molecule has 1 atom stereocenters. The molecule has 1 saturated heterocycles. The fraction of sp³-hybridized carbons (Fsp3) is 0.333. The molecule has 1 N–H and O–H groups in total.